The summed E-state index contributed by atoms with van der Waals surface area (Å²) in [7, 11) is -3.73. The first-order chi connectivity index (χ1) is 16.9. The predicted octanol–water partition coefficient (Wildman–Crippen LogP) is 3.11. The number of ether oxygens (including phenoxy) is 2. The average molecular weight is 498 g/mol. The van der Waals surface area contributed by atoms with Gasteiger partial charge in [-0.05, 0) is 24.6 Å². The van der Waals surface area contributed by atoms with Gasteiger partial charge in [0.05, 0.1) is 18.1 Å². The summed E-state index contributed by atoms with van der Waals surface area (Å²) in [5, 5.41) is 6.37. The number of nitrogens with zero attached hydrogens (tertiary/aromatic N) is 1. The fourth-order valence-corrected chi connectivity index (χ4v) is 5.40. The number of morpholine rings is 1. The summed E-state index contributed by atoms with van der Waals surface area (Å²) in [6.07, 6.45) is -0.715. The second kappa shape index (κ2) is 10.9. The van der Waals surface area contributed by atoms with E-state index in [-0.39, 0.29) is 11.5 Å². The second-order valence-corrected chi connectivity index (χ2v) is 10.00. The van der Waals surface area contributed by atoms with Crippen molar-refractivity contribution in [3.8, 4) is 0 Å². The highest BCUT2D eigenvalue weighted by Gasteiger charge is 2.28. The Hall–Kier alpha value is -3.47. The van der Waals surface area contributed by atoms with Gasteiger partial charge in [0, 0.05) is 29.5 Å². The number of benzene rings is 3. The lowest BCUT2D eigenvalue weighted by molar-refractivity contribution is -0.117. The van der Waals surface area contributed by atoms with Gasteiger partial charge in [0.2, 0.25) is 15.9 Å². The molecule has 0 unspecified atom stereocenters. The number of amides is 2. The van der Waals surface area contributed by atoms with Crippen LogP contribution >= 0.6 is 0 Å². The van der Waals surface area contributed by atoms with E-state index in [0.29, 0.717) is 42.8 Å². The highest BCUT2D eigenvalue weighted by atomic mass is 32.2. The Kier molecular flexibility index (Phi) is 7.64. The van der Waals surface area contributed by atoms with Gasteiger partial charge < -0.3 is 20.1 Å². The third kappa shape index (κ3) is 5.79. The van der Waals surface area contributed by atoms with Gasteiger partial charge >= 0.3 is 6.09 Å². The van der Waals surface area contributed by atoms with Gasteiger partial charge in [-0.15, -0.1) is 0 Å². The molecule has 9 nitrogen and oxygen atoms in total. The molecule has 0 aromatic heterocycles. The van der Waals surface area contributed by atoms with Crippen LogP contribution in [0.4, 0.5) is 10.5 Å². The lowest BCUT2D eigenvalue weighted by Gasteiger charge is -2.26. The molecule has 3 aromatic carbocycles. The molecular formula is C25H27N3O6S. The highest BCUT2D eigenvalue weighted by Crippen LogP contribution is 2.31. The summed E-state index contributed by atoms with van der Waals surface area (Å²) in [6.45, 7) is 2.91. The van der Waals surface area contributed by atoms with Gasteiger partial charge in [-0.3, -0.25) is 4.79 Å². The number of nitrogens with one attached hydrogen (secondary N) is 2. The molecule has 2 amide bonds. The van der Waals surface area contributed by atoms with Crippen LogP contribution in [0.3, 0.4) is 0 Å². The van der Waals surface area contributed by atoms with Gasteiger partial charge in [-0.25, -0.2) is 13.2 Å². The molecule has 1 heterocycles. The predicted molar refractivity (Wildman–Crippen MR) is 131 cm³/mol. The summed E-state index contributed by atoms with van der Waals surface area (Å²) in [6, 6.07) is 18.4. The molecule has 0 aliphatic carbocycles. The molecule has 1 aliphatic rings. The quantitative estimate of drug-likeness (QED) is 0.519. The number of rotatable bonds is 7. The van der Waals surface area contributed by atoms with Crippen LogP contribution in [-0.2, 0) is 30.9 Å². The molecular weight excluding hydrogens is 470 g/mol. The van der Waals surface area contributed by atoms with Gasteiger partial charge in [0.1, 0.15) is 12.6 Å². The Morgan fingerprint density at radius 2 is 1.66 bits per heavy atom. The number of hydrogen-bond donors (Lipinski definition) is 2. The topological polar surface area (TPSA) is 114 Å². The molecule has 1 aliphatic heterocycles. The van der Waals surface area contributed by atoms with Crippen LogP contribution in [0.5, 0.6) is 0 Å². The monoisotopic (exact) mass is 497 g/mol. The molecule has 1 saturated heterocycles. The van der Waals surface area contributed by atoms with Crippen molar-refractivity contribution >= 4 is 38.5 Å². The third-order valence-corrected chi connectivity index (χ3v) is 7.63. The van der Waals surface area contributed by atoms with Crippen LogP contribution in [0.25, 0.3) is 10.8 Å². The van der Waals surface area contributed by atoms with E-state index in [4.69, 9.17) is 9.47 Å². The van der Waals surface area contributed by atoms with Crippen molar-refractivity contribution in [3.05, 3.63) is 72.3 Å². The van der Waals surface area contributed by atoms with Gasteiger partial charge in [0.25, 0.3) is 0 Å². The molecule has 0 radical (unpaired) electrons. The molecule has 4 rings (SSSR count). The molecule has 35 heavy (non-hydrogen) atoms. The maximum Gasteiger partial charge on any atom is 0.408 e. The standard InChI is InChI=1S/C25H27N3O6S/c1-18(26-25(30)34-17-19-7-3-2-4-8-19)24(29)27-22-11-5-10-21-20(22)9-6-12-23(21)35(31,32)28-13-15-33-16-14-28/h2-12,18H,13-17H2,1H3,(H,26,30)(H,27,29)/t18-/m1/s1. The van der Waals surface area contributed by atoms with Crippen molar-refractivity contribution in [3.63, 3.8) is 0 Å². The first-order valence-corrected chi connectivity index (χ1v) is 12.7. The summed E-state index contributed by atoms with van der Waals surface area (Å²) in [4.78, 5) is 25.1. The van der Waals surface area contributed by atoms with Crippen molar-refractivity contribution in [1.29, 1.82) is 0 Å². The number of fused-ring (bicyclic) bond motifs is 1. The average Bonchev–Trinajstić information content (AvgIpc) is 2.88. The maximum atomic E-state index is 13.2. The molecule has 2 N–H and O–H groups in total. The first-order valence-electron chi connectivity index (χ1n) is 11.2. The summed E-state index contributed by atoms with van der Waals surface area (Å²) in [5.41, 5.74) is 1.27. The third-order valence-electron chi connectivity index (χ3n) is 5.67. The molecule has 1 atom stereocenters. The van der Waals surface area contributed by atoms with Gasteiger partial charge in [-0.2, -0.15) is 4.31 Å². The minimum Gasteiger partial charge on any atom is -0.445 e. The van der Waals surface area contributed by atoms with E-state index in [9.17, 15) is 18.0 Å². The van der Waals surface area contributed by atoms with Crippen LogP contribution in [0.15, 0.2) is 71.6 Å². The molecule has 1 fully saturated rings. The maximum absolute atomic E-state index is 13.2. The lowest BCUT2D eigenvalue weighted by atomic mass is 10.1. The summed E-state index contributed by atoms with van der Waals surface area (Å²) in [5.74, 6) is -0.462. The minimum atomic E-state index is -3.73. The number of carbonyl (C=O) groups is 2. The van der Waals surface area contributed by atoms with Crippen molar-refractivity contribution in [2.75, 3.05) is 31.6 Å². The number of hydrogen-bond acceptors (Lipinski definition) is 6. The smallest absolute Gasteiger partial charge is 0.408 e. The Morgan fingerprint density at radius 3 is 2.40 bits per heavy atom. The number of alkyl carbamates (subject to hydrolysis) is 1. The highest BCUT2D eigenvalue weighted by molar-refractivity contribution is 7.89. The van der Waals surface area contributed by atoms with Crippen LogP contribution in [0, 0.1) is 0 Å². The zero-order chi connectivity index (χ0) is 24.8. The Labute approximate surface area is 204 Å². The molecule has 0 spiro atoms. The van der Waals surface area contributed by atoms with Gasteiger partial charge in [-0.1, -0.05) is 54.6 Å². The first kappa shape index (κ1) is 24.6. The van der Waals surface area contributed by atoms with Crippen LogP contribution < -0.4 is 10.6 Å². The molecule has 3 aromatic rings. The largest absolute Gasteiger partial charge is 0.445 e. The number of carbonyl (C=O) groups excluding carboxylic acids is 2. The zero-order valence-corrected chi connectivity index (χ0v) is 20.1. The molecule has 0 saturated carbocycles. The van der Waals surface area contributed by atoms with E-state index in [1.807, 2.05) is 30.3 Å². The molecule has 184 valence electrons. The van der Waals surface area contributed by atoms with Crippen LogP contribution in [0.1, 0.15) is 12.5 Å². The Morgan fingerprint density at radius 1 is 0.971 bits per heavy atom. The van der Waals surface area contributed by atoms with Crippen molar-refractivity contribution < 1.29 is 27.5 Å². The van der Waals surface area contributed by atoms with E-state index in [1.165, 1.54) is 4.31 Å². The SMILES string of the molecule is C[C@@H](NC(=O)OCc1ccccc1)C(=O)Nc1cccc2c(S(=O)(=O)N3CCOCC3)cccc12. The second-order valence-electron chi connectivity index (χ2n) is 8.09. The number of anilines is 1. The fourth-order valence-electron chi connectivity index (χ4n) is 3.79. The normalized spacial score (nSPS) is 15.3. The van der Waals surface area contributed by atoms with Gasteiger partial charge in [0.15, 0.2) is 0 Å². The van der Waals surface area contributed by atoms with E-state index in [1.54, 1.807) is 43.3 Å². The minimum absolute atomic E-state index is 0.0880. The number of sulfonamides is 1. The Balaban J connectivity index is 1.46. The lowest BCUT2D eigenvalue weighted by Crippen LogP contribution is -2.41. The summed E-state index contributed by atoms with van der Waals surface area (Å²) < 4.78 is 38.4. The fraction of sp³-hybridized carbons (Fsp3) is 0.280. The van der Waals surface area contributed by atoms with E-state index >= 15 is 0 Å². The van der Waals surface area contributed by atoms with E-state index in [2.05, 4.69) is 10.6 Å². The van der Waals surface area contributed by atoms with Crippen molar-refractivity contribution in [1.82, 2.24) is 9.62 Å². The Bertz CT molecular complexity index is 1310. The van der Waals surface area contributed by atoms with Crippen molar-refractivity contribution in [2.24, 2.45) is 0 Å². The zero-order valence-electron chi connectivity index (χ0n) is 19.3. The van der Waals surface area contributed by atoms with E-state index in [0.717, 1.165) is 5.56 Å². The molecule has 10 heteroatoms. The van der Waals surface area contributed by atoms with Crippen LogP contribution in [-0.4, -0.2) is 57.1 Å². The van der Waals surface area contributed by atoms with E-state index < -0.39 is 28.1 Å². The molecule has 0 bridgehead atoms. The van der Waals surface area contributed by atoms with Crippen molar-refractivity contribution in [2.45, 2.75) is 24.5 Å². The van der Waals surface area contributed by atoms with Crippen LogP contribution in [0.2, 0.25) is 0 Å². The summed E-state index contributed by atoms with van der Waals surface area (Å²) >= 11 is 0.